The Balaban J connectivity index is 2.03. The standard InChI is InChI=1S/C22H34F2O2S/c1-6-7-12-27-18-10-8-16(9-11-18)22(23,24)26-17-13-15(2)20(25)19(14-17)21(3,4)5/h13-14,16,18,25H,6-12H2,1-5H3. The van der Waals surface area contributed by atoms with Crippen molar-refractivity contribution in [1.29, 1.82) is 0 Å². The molecule has 0 spiro atoms. The minimum absolute atomic E-state index is 0.139. The average Bonchev–Trinajstić information content (AvgIpc) is 2.57. The van der Waals surface area contributed by atoms with E-state index in [1.54, 1.807) is 13.0 Å². The van der Waals surface area contributed by atoms with Gasteiger partial charge in [-0.05, 0) is 67.9 Å². The Morgan fingerprint density at radius 1 is 1.15 bits per heavy atom. The summed E-state index contributed by atoms with van der Waals surface area (Å²) >= 11 is 1.93. The van der Waals surface area contributed by atoms with Gasteiger partial charge in [-0.3, -0.25) is 0 Å². The highest BCUT2D eigenvalue weighted by Crippen LogP contribution is 2.43. The van der Waals surface area contributed by atoms with Crippen molar-refractivity contribution in [3.63, 3.8) is 0 Å². The molecule has 1 saturated carbocycles. The molecule has 1 aliphatic carbocycles. The van der Waals surface area contributed by atoms with Gasteiger partial charge in [-0.25, -0.2) is 0 Å². The molecule has 0 amide bonds. The SMILES string of the molecule is CCCCSC1CCC(C(F)(F)Oc2cc(C)c(O)c(C(C)(C)C)c2)CC1. The van der Waals surface area contributed by atoms with Gasteiger partial charge in [-0.1, -0.05) is 34.1 Å². The zero-order valence-electron chi connectivity index (χ0n) is 17.3. The number of halogens is 2. The molecular formula is C22H34F2O2S. The fourth-order valence-corrected chi connectivity index (χ4v) is 4.97. The van der Waals surface area contributed by atoms with Crippen molar-refractivity contribution < 1.29 is 18.6 Å². The first kappa shape index (κ1) is 22.3. The van der Waals surface area contributed by atoms with Crippen LogP contribution in [0.4, 0.5) is 8.78 Å². The molecule has 0 saturated heterocycles. The largest absolute Gasteiger partial charge is 0.507 e. The van der Waals surface area contributed by atoms with Gasteiger partial charge in [-0.2, -0.15) is 20.5 Å². The molecule has 1 fully saturated rings. The number of phenolic OH excluding ortho intramolecular Hbond substituents is 1. The van der Waals surface area contributed by atoms with Crippen molar-refractivity contribution in [2.75, 3.05) is 5.75 Å². The molecule has 0 aromatic heterocycles. The van der Waals surface area contributed by atoms with Gasteiger partial charge >= 0.3 is 6.11 Å². The molecule has 1 aromatic carbocycles. The van der Waals surface area contributed by atoms with Crippen LogP contribution in [0.2, 0.25) is 0 Å². The number of alkyl halides is 2. The Morgan fingerprint density at radius 2 is 1.78 bits per heavy atom. The quantitative estimate of drug-likeness (QED) is 0.497. The predicted molar refractivity (Wildman–Crippen MR) is 110 cm³/mol. The summed E-state index contributed by atoms with van der Waals surface area (Å²) in [5.41, 5.74) is 0.839. The summed E-state index contributed by atoms with van der Waals surface area (Å²) < 4.78 is 34.8. The maximum Gasteiger partial charge on any atom is 0.400 e. The smallest absolute Gasteiger partial charge is 0.400 e. The second-order valence-corrected chi connectivity index (χ2v) is 10.2. The highest BCUT2D eigenvalue weighted by Gasteiger charge is 2.44. The molecular weight excluding hydrogens is 366 g/mol. The van der Waals surface area contributed by atoms with Gasteiger partial charge in [-0.15, -0.1) is 0 Å². The van der Waals surface area contributed by atoms with Crippen LogP contribution in [0.3, 0.4) is 0 Å². The highest BCUT2D eigenvalue weighted by atomic mass is 32.2. The van der Waals surface area contributed by atoms with Crippen LogP contribution in [-0.4, -0.2) is 22.2 Å². The lowest BCUT2D eigenvalue weighted by atomic mass is 9.85. The number of aromatic hydroxyl groups is 1. The van der Waals surface area contributed by atoms with Crippen molar-refractivity contribution in [1.82, 2.24) is 0 Å². The second kappa shape index (κ2) is 9.02. The second-order valence-electron chi connectivity index (χ2n) is 8.75. The molecule has 1 aliphatic rings. The molecule has 27 heavy (non-hydrogen) atoms. The number of unbranched alkanes of at least 4 members (excludes halogenated alkanes) is 1. The third-order valence-corrected chi connectivity index (χ3v) is 6.80. The van der Waals surface area contributed by atoms with Crippen LogP contribution < -0.4 is 4.74 Å². The number of thioether (sulfide) groups is 1. The maximum absolute atomic E-state index is 14.8. The van der Waals surface area contributed by atoms with E-state index in [0.717, 1.165) is 18.6 Å². The predicted octanol–water partition coefficient (Wildman–Crippen LogP) is 7.06. The molecule has 0 heterocycles. The summed E-state index contributed by atoms with van der Waals surface area (Å²) in [5, 5.41) is 10.8. The molecule has 5 heteroatoms. The third kappa shape index (κ3) is 6.00. The Hall–Kier alpha value is -0.970. The minimum atomic E-state index is -3.18. The van der Waals surface area contributed by atoms with Crippen molar-refractivity contribution in [3.05, 3.63) is 23.3 Å². The monoisotopic (exact) mass is 400 g/mol. The lowest BCUT2D eigenvalue weighted by molar-refractivity contribution is -0.221. The lowest BCUT2D eigenvalue weighted by Crippen LogP contribution is -2.37. The van der Waals surface area contributed by atoms with E-state index in [1.807, 2.05) is 32.5 Å². The van der Waals surface area contributed by atoms with E-state index >= 15 is 0 Å². The Labute approximate surface area is 167 Å². The Morgan fingerprint density at radius 3 is 2.33 bits per heavy atom. The fourth-order valence-electron chi connectivity index (χ4n) is 3.58. The van der Waals surface area contributed by atoms with E-state index in [-0.39, 0.29) is 16.9 Å². The van der Waals surface area contributed by atoms with Gasteiger partial charge in [0.15, 0.2) is 0 Å². The van der Waals surface area contributed by atoms with Crippen LogP contribution in [0.1, 0.15) is 77.3 Å². The number of benzene rings is 1. The molecule has 0 bridgehead atoms. The summed E-state index contributed by atoms with van der Waals surface area (Å²) in [6, 6.07) is 3.06. The zero-order chi connectivity index (χ0) is 20.2. The number of aryl methyl sites for hydroxylation is 1. The summed E-state index contributed by atoms with van der Waals surface area (Å²) in [5.74, 6) is 0.677. The topological polar surface area (TPSA) is 29.5 Å². The lowest BCUT2D eigenvalue weighted by Gasteiger charge is -2.33. The number of rotatable bonds is 7. The molecule has 0 unspecified atom stereocenters. The van der Waals surface area contributed by atoms with Gasteiger partial charge < -0.3 is 9.84 Å². The zero-order valence-corrected chi connectivity index (χ0v) is 18.1. The molecule has 154 valence electrons. The summed E-state index contributed by atoms with van der Waals surface area (Å²) in [4.78, 5) is 0. The van der Waals surface area contributed by atoms with Crippen LogP contribution in [0, 0.1) is 12.8 Å². The van der Waals surface area contributed by atoms with Crippen LogP contribution >= 0.6 is 11.8 Å². The van der Waals surface area contributed by atoms with E-state index < -0.39 is 12.0 Å². The van der Waals surface area contributed by atoms with E-state index in [2.05, 4.69) is 6.92 Å². The number of phenols is 1. The number of hydrogen-bond acceptors (Lipinski definition) is 3. The minimum Gasteiger partial charge on any atom is -0.507 e. The van der Waals surface area contributed by atoms with Crippen molar-refractivity contribution in [2.24, 2.45) is 5.92 Å². The van der Waals surface area contributed by atoms with Crippen LogP contribution in [0.25, 0.3) is 0 Å². The summed E-state index contributed by atoms with van der Waals surface area (Å²) in [6.07, 6.45) is 1.86. The van der Waals surface area contributed by atoms with E-state index in [0.29, 0.717) is 29.2 Å². The first-order valence-electron chi connectivity index (χ1n) is 10.1. The summed E-state index contributed by atoms with van der Waals surface area (Å²) in [7, 11) is 0. The molecule has 0 radical (unpaired) electrons. The van der Waals surface area contributed by atoms with Gasteiger partial charge in [0, 0.05) is 10.8 Å². The van der Waals surface area contributed by atoms with E-state index in [9.17, 15) is 13.9 Å². The first-order valence-corrected chi connectivity index (χ1v) is 11.1. The molecule has 2 nitrogen and oxygen atoms in total. The molecule has 0 atom stereocenters. The molecule has 1 N–H and O–H groups in total. The van der Waals surface area contributed by atoms with Gasteiger partial charge in [0.1, 0.15) is 11.5 Å². The van der Waals surface area contributed by atoms with Gasteiger partial charge in [0.2, 0.25) is 0 Å². The van der Waals surface area contributed by atoms with Crippen molar-refractivity contribution in [3.8, 4) is 11.5 Å². The number of hydrogen-bond donors (Lipinski definition) is 1. The third-order valence-electron chi connectivity index (χ3n) is 5.34. The molecule has 0 aliphatic heterocycles. The molecule has 1 aromatic rings. The highest BCUT2D eigenvalue weighted by molar-refractivity contribution is 7.99. The molecule has 2 rings (SSSR count). The van der Waals surface area contributed by atoms with Crippen molar-refractivity contribution in [2.45, 2.75) is 89.9 Å². The van der Waals surface area contributed by atoms with Crippen LogP contribution in [0.15, 0.2) is 12.1 Å². The van der Waals surface area contributed by atoms with E-state index in [4.69, 9.17) is 4.74 Å². The average molecular weight is 401 g/mol. The van der Waals surface area contributed by atoms with Crippen LogP contribution in [-0.2, 0) is 5.41 Å². The Kier molecular flexibility index (Phi) is 7.46. The fraction of sp³-hybridized carbons (Fsp3) is 0.727. The normalized spacial score (nSPS) is 21.3. The van der Waals surface area contributed by atoms with E-state index in [1.165, 1.54) is 18.9 Å². The first-order chi connectivity index (χ1) is 12.5. The van der Waals surface area contributed by atoms with Gasteiger partial charge in [0.25, 0.3) is 0 Å². The van der Waals surface area contributed by atoms with Crippen LogP contribution in [0.5, 0.6) is 11.5 Å². The summed E-state index contributed by atoms with van der Waals surface area (Å²) in [6.45, 7) is 9.72. The Bertz CT molecular complexity index is 617. The maximum atomic E-state index is 14.8. The van der Waals surface area contributed by atoms with Gasteiger partial charge in [0.05, 0.1) is 5.92 Å². The van der Waals surface area contributed by atoms with Crippen molar-refractivity contribution >= 4 is 11.8 Å². The number of ether oxygens (including phenoxy) is 1.